The van der Waals surface area contributed by atoms with Crippen LogP contribution >= 0.6 is 0 Å². The average molecular weight is 140 g/mol. The Hall–Kier alpha value is -1.37. The summed E-state index contributed by atoms with van der Waals surface area (Å²) < 4.78 is 4.49. The van der Waals surface area contributed by atoms with Crippen molar-refractivity contribution in [3.8, 4) is 6.07 Å². The van der Waals surface area contributed by atoms with Crippen LogP contribution in [0.2, 0.25) is 0 Å². The Labute approximate surface area is 59.1 Å². The summed E-state index contributed by atoms with van der Waals surface area (Å²) in [7, 11) is 1.37. The highest BCUT2D eigenvalue weighted by Crippen LogP contribution is 1.81. The van der Waals surface area contributed by atoms with Crippen LogP contribution in [0.25, 0.3) is 0 Å². The van der Waals surface area contributed by atoms with Crippen LogP contribution in [0.4, 0.5) is 0 Å². The lowest BCUT2D eigenvalue weighted by Crippen LogP contribution is -2.15. The molecular formula is C6H8N2O2. The zero-order valence-corrected chi connectivity index (χ0v) is 5.92. The minimum absolute atomic E-state index is 0.193. The zero-order chi connectivity index (χ0) is 7.98. The topological polar surface area (TPSA) is 62.5 Å². The van der Waals surface area contributed by atoms with Gasteiger partial charge in [0, 0.05) is 7.05 Å². The summed E-state index contributed by atoms with van der Waals surface area (Å²) >= 11 is 0. The summed E-state index contributed by atoms with van der Waals surface area (Å²) in [5.41, 5.74) is -0.193. The first kappa shape index (κ1) is 8.63. The van der Waals surface area contributed by atoms with E-state index in [4.69, 9.17) is 5.26 Å². The Balaban J connectivity index is 4.08. The summed E-state index contributed by atoms with van der Waals surface area (Å²) in [5, 5.41) is 8.24. The van der Waals surface area contributed by atoms with Crippen LogP contribution in [0.3, 0.4) is 0 Å². The highest BCUT2D eigenvalue weighted by Gasteiger charge is 2.08. The largest absolute Gasteiger partial charge is 0.461 e. The molecule has 0 rings (SSSR count). The minimum Gasteiger partial charge on any atom is -0.461 e. The molecule has 0 bridgehead atoms. The van der Waals surface area contributed by atoms with E-state index in [1.54, 1.807) is 13.0 Å². The molecule has 0 saturated heterocycles. The van der Waals surface area contributed by atoms with Crippen molar-refractivity contribution in [2.24, 2.45) is 4.99 Å². The van der Waals surface area contributed by atoms with Crippen molar-refractivity contribution in [3.63, 3.8) is 0 Å². The number of hydrogen-bond acceptors (Lipinski definition) is 4. The lowest BCUT2D eigenvalue weighted by Gasteiger charge is -1.95. The summed E-state index contributed by atoms with van der Waals surface area (Å²) in [6.07, 6.45) is 0. The van der Waals surface area contributed by atoms with Crippen molar-refractivity contribution in [1.82, 2.24) is 0 Å². The third-order valence-corrected chi connectivity index (χ3v) is 0.798. The molecule has 4 heteroatoms. The van der Waals surface area contributed by atoms with Crippen molar-refractivity contribution < 1.29 is 9.53 Å². The van der Waals surface area contributed by atoms with Crippen LogP contribution in [0.1, 0.15) is 6.92 Å². The molecule has 0 amide bonds. The molecule has 0 unspecified atom stereocenters. The first-order valence-corrected chi connectivity index (χ1v) is 2.80. The quantitative estimate of drug-likeness (QED) is 0.405. The van der Waals surface area contributed by atoms with E-state index in [0.717, 1.165) is 0 Å². The van der Waals surface area contributed by atoms with Gasteiger partial charge in [-0.25, -0.2) is 4.79 Å². The van der Waals surface area contributed by atoms with E-state index >= 15 is 0 Å². The zero-order valence-electron chi connectivity index (χ0n) is 5.92. The normalized spacial score (nSPS) is 10.3. The first-order valence-electron chi connectivity index (χ1n) is 2.80. The van der Waals surface area contributed by atoms with Crippen LogP contribution < -0.4 is 0 Å². The number of nitriles is 1. The van der Waals surface area contributed by atoms with Gasteiger partial charge in [-0.2, -0.15) is 5.26 Å². The average Bonchev–Trinajstić information content (AvgIpc) is 1.91. The molecule has 0 N–H and O–H groups in total. The standard InChI is InChI=1S/C6H8N2O2/c1-3-10-6(9)5(4-7)8-2/h3H2,1-2H3. The van der Waals surface area contributed by atoms with E-state index in [9.17, 15) is 4.79 Å². The van der Waals surface area contributed by atoms with E-state index in [-0.39, 0.29) is 12.3 Å². The molecule has 0 aromatic carbocycles. The molecule has 0 aliphatic heterocycles. The Kier molecular flexibility index (Phi) is 3.89. The highest BCUT2D eigenvalue weighted by atomic mass is 16.5. The predicted molar refractivity (Wildman–Crippen MR) is 35.6 cm³/mol. The third-order valence-electron chi connectivity index (χ3n) is 0.798. The smallest absolute Gasteiger partial charge is 0.367 e. The third kappa shape index (κ3) is 2.27. The number of ether oxygens (including phenoxy) is 1. The fourth-order valence-corrected chi connectivity index (χ4v) is 0.386. The van der Waals surface area contributed by atoms with Gasteiger partial charge in [0.05, 0.1) is 6.61 Å². The van der Waals surface area contributed by atoms with Crippen molar-refractivity contribution in [2.75, 3.05) is 13.7 Å². The second-order valence-electron chi connectivity index (χ2n) is 1.40. The molecule has 0 fully saturated rings. The Bertz CT molecular complexity index is 190. The molecule has 0 radical (unpaired) electrons. The number of esters is 1. The van der Waals surface area contributed by atoms with Gasteiger partial charge in [0.1, 0.15) is 6.07 Å². The first-order chi connectivity index (χ1) is 4.76. The van der Waals surface area contributed by atoms with Gasteiger partial charge in [-0.05, 0) is 6.92 Å². The van der Waals surface area contributed by atoms with Crippen LogP contribution in [-0.2, 0) is 9.53 Å². The maximum Gasteiger partial charge on any atom is 0.367 e. The van der Waals surface area contributed by atoms with Gasteiger partial charge < -0.3 is 4.74 Å². The molecule has 0 aromatic heterocycles. The van der Waals surface area contributed by atoms with Crippen molar-refractivity contribution in [1.29, 1.82) is 5.26 Å². The Morgan fingerprint density at radius 1 is 1.80 bits per heavy atom. The van der Waals surface area contributed by atoms with E-state index in [1.165, 1.54) is 7.05 Å². The van der Waals surface area contributed by atoms with Crippen molar-refractivity contribution in [2.45, 2.75) is 6.92 Å². The number of nitrogens with zero attached hydrogens (tertiary/aromatic N) is 2. The van der Waals surface area contributed by atoms with Crippen molar-refractivity contribution >= 4 is 11.7 Å². The van der Waals surface area contributed by atoms with E-state index in [0.29, 0.717) is 0 Å². The summed E-state index contributed by atoms with van der Waals surface area (Å²) in [6, 6.07) is 1.61. The molecule has 54 valence electrons. The number of carbonyl (C=O) groups excluding carboxylic acids is 1. The van der Waals surface area contributed by atoms with Crippen LogP contribution in [0.15, 0.2) is 4.99 Å². The van der Waals surface area contributed by atoms with Gasteiger partial charge in [0.2, 0.25) is 5.71 Å². The van der Waals surface area contributed by atoms with Gasteiger partial charge in [-0.3, -0.25) is 4.99 Å². The monoisotopic (exact) mass is 140 g/mol. The van der Waals surface area contributed by atoms with E-state index in [1.807, 2.05) is 0 Å². The molecular weight excluding hydrogens is 132 g/mol. The SMILES string of the molecule is CCOC(=O)C(C#N)=NC. The van der Waals surface area contributed by atoms with Crippen LogP contribution in [0.5, 0.6) is 0 Å². The number of rotatable bonds is 2. The molecule has 0 heterocycles. The highest BCUT2D eigenvalue weighted by molar-refractivity contribution is 6.43. The van der Waals surface area contributed by atoms with Gasteiger partial charge in [0.25, 0.3) is 0 Å². The van der Waals surface area contributed by atoms with Crippen molar-refractivity contribution in [3.05, 3.63) is 0 Å². The van der Waals surface area contributed by atoms with Crippen LogP contribution in [0, 0.1) is 11.3 Å². The van der Waals surface area contributed by atoms with E-state index < -0.39 is 5.97 Å². The predicted octanol–water partition coefficient (Wildman–Crippen LogP) is 0.144. The summed E-state index contributed by atoms with van der Waals surface area (Å²) in [4.78, 5) is 14.0. The van der Waals surface area contributed by atoms with E-state index in [2.05, 4.69) is 9.73 Å². The molecule has 0 aliphatic carbocycles. The lowest BCUT2D eigenvalue weighted by molar-refractivity contribution is -0.134. The molecule has 0 atom stereocenters. The number of hydrogen-bond donors (Lipinski definition) is 0. The fourth-order valence-electron chi connectivity index (χ4n) is 0.386. The summed E-state index contributed by atoms with van der Waals surface area (Å²) in [5.74, 6) is -0.660. The second-order valence-corrected chi connectivity index (χ2v) is 1.40. The fraction of sp³-hybridized carbons (Fsp3) is 0.500. The van der Waals surface area contributed by atoms with Gasteiger partial charge in [-0.1, -0.05) is 0 Å². The second kappa shape index (κ2) is 4.50. The van der Waals surface area contributed by atoms with Gasteiger partial charge >= 0.3 is 5.97 Å². The minimum atomic E-state index is -0.660. The summed E-state index contributed by atoms with van der Waals surface area (Å²) in [6.45, 7) is 1.93. The maximum absolute atomic E-state index is 10.6. The Morgan fingerprint density at radius 3 is 2.70 bits per heavy atom. The lowest BCUT2D eigenvalue weighted by atomic mass is 10.4. The molecule has 0 spiro atoms. The van der Waals surface area contributed by atoms with Gasteiger partial charge in [-0.15, -0.1) is 0 Å². The molecule has 0 saturated carbocycles. The molecule has 10 heavy (non-hydrogen) atoms. The number of aliphatic imine (C=N–C) groups is 1. The maximum atomic E-state index is 10.6. The number of carbonyl (C=O) groups is 1. The van der Waals surface area contributed by atoms with Crippen LogP contribution in [-0.4, -0.2) is 25.3 Å². The molecule has 0 aliphatic rings. The molecule has 0 aromatic rings. The molecule has 4 nitrogen and oxygen atoms in total. The Morgan fingerprint density at radius 2 is 2.40 bits per heavy atom. The van der Waals surface area contributed by atoms with Gasteiger partial charge in [0.15, 0.2) is 0 Å².